The maximum absolute atomic E-state index is 12.6. The maximum Gasteiger partial charge on any atom is 0.255 e. The number of hydrogen-bond acceptors (Lipinski definition) is 4. The summed E-state index contributed by atoms with van der Waals surface area (Å²) in [6.45, 7) is 4.31. The normalized spacial score (nSPS) is 10.4. The van der Waals surface area contributed by atoms with Gasteiger partial charge in [-0.1, -0.05) is 12.1 Å². The number of pyridine rings is 1. The molecule has 0 aliphatic carbocycles. The summed E-state index contributed by atoms with van der Waals surface area (Å²) < 4.78 is 1.75. The van der Waals surface area contributed by atoms with Crippen LogP contribution in [0.1, 0.15) is 32.9 Å². The Morgan fingerprint density at radius 1 is 1.23 bits per heavy atom. The van der Waals surface area contributed by atoms with E-state index in [1.807, 2.05) is 32.0 Å². The molecule has 0 aliphatic heterocycles. The minimum Gasteiger partial charge on any atom is -0.337 e. The maximum atomic E-state index is 12.6. The molecule has 0 atom stereocenters. The van der Waals surface area contributed by atoms with Crippen molar-refractivity contribution in [2.24, 2.45) is 0 Å². The standard InChI is InChI=1S/C20H19N5O/c1-14-9-15(2)25(23-14)19-8-7-18(12-22-19)20(26)24(3)13-17-6-4-5-16(10-17)11-21/h4-10,12H,13H2,1-3H3. The number of carbonyl (C=O) groups is 1. The summed E-state index contributed by atoms with van der Waals surface area (Å²) in [6.07, 6.45) is 1.57. The predicted octanol–water partition coefficient (Wildman–Crippen LogP) is 3.03. The average molecular weight is 345 g/mol. The van der Waals surface area contributed by atoms with E-state index < -0.39 is 0 Å². The van der Waals surface area contributed by atoms with E-state index in [9.17, 15) is 4.79 Å². The zero-order chi connectivity index (χ0) is 18.7. The van der Waals surface area contributed by atoms with Crippen LogP contribution in [0.3, 0.4) is 0 Å². The van der Waals surface area contributed by atoms with Crippen molar-refractivity contribution in [1.29, 1.82) is 5.26 Å². The van der Waals surface area contributed by atoms with Crippen molar-refractivity contribution in [3.63, 3.8) is 0 Å². The molecule has 0 aliphatic rings. The van der Waals surface area contributed by atoms with E-state index in [4.69, 9.17) is 5.26 Å². The van der Waals surface area contributed by atoms with Crippen molar-refractivity contribution >= 4 is 5.91 Å². The fourth-order valence-electron chi connectivity index (χ4n) is 2.80. The molecule has 0 saturated carbocycles. The SMILES string of the molecule is Cc1cc(C)n(-c2ccc(C(=O)N(C)Cc3cccc(C#N)c3)cn2)n1. The van der Waals surface area contributed by atoms with Crippen LogP contribution in [-0.4, -0.2) is 32.6 Å². The molecule has 6 nitrogen and oxygen atoms in total. The van der Waals surface area contributed by atoms with E-state index in [2.05, 4.69) is 16.2 Å². The third kappa shape index (κ3) is 3.62. The Morgan fingerprint density at radius 2 is 2.04 bits per heavy atom. The molecule has 130 valence electrons. The van der Waals surface area contributed by atoms with Crippen LogP contribution in [0.5, 0.6) is 0 Å². The van der Waals surface area contributed by atoms with Gasteiger partial charge in [0.05, 0.1) is 22.9 Å². The van der Waals surface area contributed by atoms with E-state index in [0.29, 0.717) is 23.5 Å². The van der Waals surface area contributed by atoms with Gasteiger partial charge in [-0.2, -0.15) is 10.4 Å². The fraction of sp³-hybridized carbons (Fsp3) is 0.200. The highest BCUT2D eigenvalue weighted by Crippen LogP contribution is 2.13. The van der Waals surface area contributed by atoms with E-state index >= 15 is 0 Å². The van der Waals surface area contributed by atoms with Crippen LogP contribution in [0.25, 0.3) is 5.82 Å². The number of aryl methyl sites for hydroxylation is 2. The zero-order valence-electron chi connectivity index (χ0n) is 15.0. The molecule has 1 aromatic carbocycles. The number of nitrogens with zero attached hydrogens (tertiary/aromatic N) is 5. The molecule has 0 bridgehead atoms. The lowest BCUT2D eigenvalue weighted by Crippen LogP contribution is -2.26. The first-order chi connectivity index (χ1) is 12.5. The van der Waals surface area contributed by atoms with Crippen LogP contribution in [-0.2, 0) is 6.54 Å². The van der Waals surface area contributed by atoms with Gasteiger partial charge < -0.3 is 4.90 Å². The Bertz CT molecular complexity index is 982. The van der Waals surface area contributed by atoms with Crippen LogP contribution < -0.4 is 0 Å². The van der Waals surface area contributed by atoms with E-state index in [1.165, 1.54) is 0 Å². The summed E-state index contributed by atoms with van der Waals surface area (Å²) in [4.78, 5) is 18.6. The van der Waals surface area contributed by atoms with Crippen LogP contribution in [0.2, 0.25) is 0 Å². The molecular weight excluding hydrogens is 326 g/mol. The van der Waals surface area contributed by atoms with Crippen molar-refractivity contribution in [3.8, 4) is 11.9 Å². The van der Waals surface area contributed by atoms with Gasteiger partial charge in [-0.05, 0) is 49.7 Å². The lowest BCUT2D eigenvalue weighted by molar-refractivity contribution is 0.0784. The fourth-order valence-corrected chi connectivity index (χ4v) is 2.80. The largest absolute Gasteiger partial charge is 0.337 e. The van der Waals surface area contributed by atoms with Gasteiger partial charge in [-0.15, -0.1) is 0 Å². The molecule has 0 saturated heterocycles. The molecule has 6 heteroatoms. The van der Waals surface area contributed by atoms with Crippen LogP contribution in [0.15, 0.2) is 48.7 Å². The molecule has 3 aromatic rings. The minimum absolute atomic E-state index is 0.125. The Morgan fingerprint density at radius 3 is 2.65 bits per heavy atom. The summed E-state index contributed by atoms with van der Waals surface area (Å²) in [5, 5.41) is 13.4. The number of benzene rings is 1. The van der Waals surface area contributed by atoms with Gasteiger partial charge in [0.2, 0.25) is 0 Å². The summed E-state index contributed by atoms with van der Waals surface area (Å²) in [7, 11) is 1.73. The summed E-state index contributed by atoms with van der Waals surface area (Å²) >= 11 is 0. The quantitative estimate of drug-likeness (QED) is 0.728. The molecule has 0 N–H and O–H groups in total. The molecule has 26 heavy (non-hydrogen) atoms. The van der Waals surface area contributed by atoms with Gasteiger partial charge in [0.25, 0.3) is 5.91 Å². The van der Waals surface area contributed by atoms with Gasteiger partial charge in [0.15, 0.2) is 5.82 Å². The van der Waals surface area contributed by atoms with E-state index in [1.54, 1.807) is 47.1 Å². The first kappa shape index (κ1) is 17.4. The molecule has 0 spiro atoms. The van der Waals surface area contributed by atoms with Crippen molar-refractivity contribution in [2.75, 3.05) is 7.05 Å². The molecule has 0 fully saturated rings. The minimum atomic E-state index is -0.125. The van der Waals surface area contributed by atoms with Crippen LogP contribution in [0, 0.1) is 25.2 Å². The topological polar surface area (TPSA) is 74.8 Å². The molecule has 2 heterocycles. The second kappa shape index (κ2) is 7.19. The molecule has 0 radical (unpaired) electrons. The highest BCUT2D eigenvalue weighted by molar-refractivity contribution is 5.93. The Labute approximate surface area is 152 Å². The first-order valence-electron chi connectivity index (χ1n) is 8.22. The number of amides is 1. The van der Waals surface area contributed by atoms with Crippen LogP contribution in [0.4, 0.5) is 0 Å². The lowest BCUT2D eigenvalue weighted by atomic mass is 10.1. The van der Waals surface area contributed by atoms with Gasteiger partial charge in [-0.3, -0.25) is 4.79 Å². The van der Waals surface area contributed by atoms with Crippen LogP contribution >= 0.6 is 0 Å². The Kier molecular flexibility index (Phi) is 4.81. The van der Waals surface area contributed by atoms with E-state index in [0.717, 1.165) is 17.0 Å². The van der Waals surface area contributed by atoms with Crippen molar-refractivity contribution in [1.82, 2.24) is 19.7 Å². The Balaban J connectivity index is 1.75. The highest BCUT2D eigenvalue weighted by atomic mass is 16.2. The predicted molar refractivity (Wildman–Crippen MR) is 97.8 cm³/mol. The van der Waals surface area contributed by atoms with Crippen molar-refractivity contribution in [2.45, 2.75) is 20.4 Å². The zero-order valence-corrected chi connectivity index (χ0v) is 15.0. The third-order valence-electron chi connectivity index (χ3n) is 4.04. The second-order valence-corrected chi connectivity index (χ2v) is 6.22. The number of aromatic nitrogens is 3. The van der Waals surface area contributed by atoms with Crippen molar-refractivity contribution < 1.29 is 4.79 Å². The number of hydrogen-bond donors (Lipinski definition) is 0. The third-order valence-corrected chi connectivity index (χ3v) is 4.04. The molecule has 1 amide bonds. The monoisotopic (exact) mass is 345 g/mol. The molecule has 0 unspecified atom stereocenters. The van der Waals surface area contributed by atoms with Gasteiger partial charge >= 0.3 is 0 Å². The van der Waals surface area contributed by atoms with Gasteiger partial charge in [0, 0.05) is 25.5 Å². The highest BCUT2D eigenvalue weighted by Gasteiger charge is 2.14. The average Bonchev–Trinajstić information content (AvgIpc) is 2.99. The molecule has 2 aromatic heterocycles. The smallest absolute Gasteiger partial charge is 0.255 e. The summed E-state index contributed by atoms with van der Waals surface area (Å²) in [5.74, 6) is 0.552. The lowest BCUT2D eigenvalue weighted by Gasteiger charge is -2.17. The van der Waals surface area contributed by atoms with Gasteiger partial charge in [-0.25, -0.2) is 9.67 Å². The number of nitriles is 1. The van der Waals surface area contributed by atoms with E-state index in [-0.39, 0.29) is 5.91 Å². The molecular formula is C20H19N5O. The Hall–Kier alpha value is -3.46. The van der Waals surface area contributed by atoms with Gasteiger partial charge in [0.1, 0.15) is 0 Å². The summed E-state index contributed by atoms with van der Waals surface area (Å²) in [5.41, 5.74) is 3.91. The second-order valence-electron chi connectivity index (χ2n) is 6.22. The first-order valence-corrected chi connectivity index (χ1v) is 8.22. The summed E-state index contributed by atoms with van der Waals surface area (Å²) in [6, 6.07) is 14.9. The van der Waals surface area contributed by atoms with Crippen molar-refractivity contribution in [3.05, 3.63) is 76.7 Å². The number of rotatable bonds is 4. The molecule has 3 rings (SSSR count). The number of carbonyl (C=O) groups excluding carboxylic acids is 1.